The number of nitrogens with zero attached hydrogens (tertiary/aromatic N) is 1. The van der Waals surface area contributed by atoms with Crippen molar-refractivity contribution in [1.29, 1.82) is 0 Å². The average molecular weight is 191 g/mol. The normalized spacial score (nSPS) is 10.6. The van der Waals surface area contributed by atoms with Crippen molar-refractivity contribution in [2.45, 2.75) is 6.42 Å². The molecule has 0 aliphatic rings. The van der Waals surface area contributed by atoms with Gasteiger partial charge in [0.15, 0.2) is 11.4 Å². The molecule has 0 saturated heterocycles. The van der Waals surface area contributed by atoms with E-state index in [0.29, 0.717) is 6.54 Å². The zero-order chi connectivity index (χ0) is 9.80. The molecule has 0 amide bonds. The van der Waals surface area contributed by atoms with E-state index in [1.54, 1.807) is 0 Å². The van der Waals surface area contributed by atoms with E-state index in [-0.39, 0.29) is 0 Å². The van der Waals surface area contributed by atoms with Crippen molar-refractivity contribution in [3.05, 3.63) is 24.3 Å². The van der Waals surface area contributed by atoms with E-state index < -0.39 is 0 Å². The minimum atomic E-state index is 0.683. The van der Waals surface area contributed by atoms with Gasteiger partial charge in [-0.1, -0.05) is 17.3 Å². The summed E-state index contributed by atoms with van der Waals surface area (Å²) in [6.07, 6.45) is 0.932. The minimum absolute atomic E-state index is 0.683. The maximum absolute atomic E-state index is 5.40. The first kappa shape index (κ1) is 9.02. The van der Waals surface area contributed by atoms with E-state index in [0.717, 1.165) is 29.8 Å². The Hall–Kier alpha value is -1.55. The smallest absolute Gasteiger partial charge is 0.177 e. The zero-order valence-electron chi connectivity index (χ0n) is 7.86. The number of hydrogen-bond acceptors (Lipinski definition) is 4. The van der Waals surface area contributed by atoms with Crippen LogP contribution in [0, 0.1) is 0 Å². The van der Waals surface area contributed by atoms with Gasteiger partial charge in [0.25, 0.3) is 0 Å². The Morgan fingerprint density at radius 3 is 3.07 bits per heavy atom. The molecule has 0 saturated carbocycles. The van der Waals surface area contributed by atoms with Gasteiger partial charge in [0.1, 0.15) is 0 Å². The first-order chi connectivity index (χ1) is 6.92. The average Bonchev–Trinajstić information content (AvgIpc) is 2.63. The highest BCUT2D eigenvalue weighted by molar-refractivity contribution is 5.87. The van der Waals surface area contributed by atoms with E-state index in [9.17, 15) is 0 Å². The molecule has 14 heavy (non-hydrogen) atoms. The van der Waals surface area contributed by atoms with Crippen LogP contribution in [0.2, 0.25) is 0 Å². The van der Waals surface area contributed by atoms with Crippen LogP contribution < -0.4 is 11.1 Å². The molecule has 0 aliphatic heterocycles. The summed E-state index contributed by atoms with van der Waals surface area (Å²) in [5.74, 6) is 0.800. The van der Waals surface area contributed by atoms with E-state index in [2.05, 4.69) is 10.5 Å². The predicted octanol–water partition coefficient (Wildman–Crippen LogP) is 1.59. The third kappa shape index (κ3) is 1.70. The van der Waals surface area contributed by atoms with Crippen LogP contribution in [0.3, 0.4) is 0 Å². The van der Waals surface area contributed by atoms with Crippen molar-refractivity contribution >= 4 is 16.8 Å². The van der Waals surface area contributed by atoms with E-state index in [1.807, 2.05) is 24.3 Å². The highest BCUT2D eigenvalue weighted by Crippen LogP contribution is 2.21. The molecule has 0 aliphatic carbocycles. The predicted molar refractivity (Wildman–Crippen MR) is 56.2 cm³/mol. The molecule has 2 rings (SSSR count). The first-order valence-electron chi connectivity index (χ1n) is 4.70. The van der Waals surface area contributed by atoms with Crippen molar-refractivity contribution in [1.82, 2.24) is 5.16 Å². The second-order valence-electron chi connectivity index (χ2n) is 3.10. The fourth-order valence-electron chi connectivity index (χ4n) is 1.32. The Morgan fingerprint density at radius 1 is 1.36 bits per heavy atom. The molecule has 2 aromatic rings. The van der Waals surface area contributed by atoms with Gasteiger partial charge in [0.05, 0.1) is 5.39 Å². The minimum Gasteiger partial charge on any atom is -0.367 e. The number of nitrogens with one attached hydrogen (secondary N) is 1. The van der Waals surface area contributed by atoms with Crippen molar-refractivity contribution < 1.29 is 4.52 Å². The van der Waals surface area contributed by atoms with Crippen LogP contribution in [0.1, 0.15) is 6.42 Å². The topological polar surface area (TPSA) is 64.1 Å². The van der Waals surface area contributed by atoms with Gasteiger partial charge in [-0.15, -0.1) is 0 Å². The van der Waals surface area contributed by atoms with Gasteiger partial charge in [0, 0.05) is 6.54 Å². The number of hydrogen-bond donors (Lipinski definition) is 2. The lowest BCUT2D eigenvalue weighted by molar-refractivity contribution is 0.459. The van der Waals surface area contributed by atoms with Gasteiger partial charge in [-0.2, -0.15) is 0 Å². The van der Waals surface area contributed by atoms with Crippen LogP contribution in [-0.4, -0.2) is 18.2 Å². The van der Waals surface area contributed by atoms with Crippen molar-refractivity contribution in [2.75, 3.05) is 18.4 Å². The number of nitrogens with two attached hydrogens (primary N) is 1. The quantitative estimate of drug-likeness (QED) is 0.720. The van der Waals surface area contributed by atoms with Crippen LogP contribution in [0.5, 0.6) is 0 Å². The van der Waals surface area contributed by atoms with Gasteiger partial charge in [-0.3, -0.25) is 0 Å². The lowest BCUT2D eigenvalue weighted by Crippen LogP contribution is -2.08. The Balaban J connectivity index is 2.17. The second-order valence-corrected chi connectivity index (χ2v) is 3.10. The lowest BCUT2D eigenvalue weighted by Gasteiger charge is -1.99. The standard InChI is InChI=1S/C10H13N3O/c11-6-3-7-12-10-8-4-1-2-5-9(8)14-13-10/h1-2,4-5H,3,6-7,11H2,(H,12,13). The molecular weight excluding hydrogens is 178 g/mol. The number of fused-ring (bicyclic) bond motifs is 1. The maximum atomic E-state index is 5.40. The molecule has 0 radical (unpaired) electrons. The summed E-state index contributed by atoms with van der Waals surface area (Å²) in [4.78, 5) is 0. The van der Waals surface area contributed by atoms with E-state index >= 15 is 0 Å². The molecule has 4 nitrogen and oxygen atoms in total. The fraction of sp³-hybridized carbons (Fsp3) is 0.300. The molecule has 1 aromatic carbocycles. The molecule has 0 unspecified atom stereocenters. The summed E-state index contributed by atoms with van der Waals surface area (Å²) in [5.41, 5.74) is 6.20. The summed E-state index contributed by atoms with van der Waals surface area (Å²) in [5, 5.41) is 8.14. The number of rotatable bonds is 4. The Kier molecular flexibility index (Phi) is 2.65. The molecule has 3 N–H and O–H groups in total. The van der Waals surface area contributed by atoms with Crippen LogP contribution in [-0.2, 0) is 0 Å². The van der Waals surface area contributed by atoms with Gasteiger partial charge < -0.3 is 15.6 Å². The molecule has 4 heteroatoms. The molecule has 74 valence electrons. The molecule has 0 bridgehead atoms. The van der Waals surface area contributed by atoms with Crippen molar-refractivity contribution in [3.63, 3.8) is 0 Å². The third-order valence-corrected chi connectivity index (χ3v) is 2.05. The van der Waals surface area contributed by atoms with Gasteiger partial charge in [0.2, 0.25) is 0 Å². The Bertz CT molecular complexity index is 410. The van der Waals surface area contributed by atoms with Gasteiger partial charge in [-0.25, -0.2) is 0 Å². The number of aromatic nitrogens is 1. The Morgan fingerprint density at radius 2 is 2.21 bits per heavy atom. The fourth-order valence-corrected chi connectivity index (χ4v) is 1.32. The van der Waals surface area contributed by atoms with Gasteiger partial charge >= 0.3 is 0 Å². The SMILES string of the molecule is NCCCNc1noc2ccccc12. The summed E-state index contributed by atoms with van der Waals surface area (Å²) in [6, 6.07) is 7.78. The second kappa shape index (κ2) is 4.11. The Labute approximate surface area is 82.1 Å². The number of para-hydroxylation sites is 1. The first-order valence-corrected chi connectivity index (χ1v) is 4.70. The third-order valence-electron chi connectivity index (χ3n) is 2.05. The van der Waals surface area contributed by atoms with E-state index in [1.165, 1.54) is 0 Å². The molecule has 0 fully saturated rings. The maximum Gasteiger partial charge on any atom is 0.177 e. The van der Waals surface area contributed by atoms with E-state index in [4.69, 9.17) is 10.3 Å². The molecule has 0 spiro atoms. The lowest BCUT2D eigenvalue weighted by atomic mass is 10.2. The van der Waals surface area contributed by atoms with Crippen molar-refractivity contribution in [2.24, 2.45) is 5.73 Å². The van der Waals surface area contributed by atoms with Crippen molar-refractivity contribution in [3.8, 4) is 0 Å². The molecular formula is C10H13N3O. The highest BCUT2D eigenvalue weighted by atomic mass is 16.5. The monoisotopic (exact) mass is 191 g/mol. The van der Waals surface area contributed by atoms with Crippen LogP contribution in [0.25, 0.3) is 11.0 Å². The highest BCUT2D eigenvalue weighted by Gasteiger charge is 2.04. The van der Waals surface area contributed by atoms with Crippen LogP contribution >= 0.6 is 0 Å². The largest absolute Gasteiger partial charge is 0.367 e. The summed E-state index contributed by atoms with van der Waals surface area (Å²) in [7, 11) is 0. The zero-order valence-corrected chi connectivity index (χ0v) is 7.86. The summed E-state index contributed by atoms with van der Waals surface area (Å²) < 4.78 is 5.14. The molecule has 1 heterocycles. The molecule has 0 atom stereocenters. The number of anilines is 1. The summed E-state index contributed by atoms with van der Waals surface area (Å²) >= 11 is 0. The van der Waals surface area contributed by atoms with Gasteiger partial charge in [-0.05, 0) is 25.1 Å². The van der Waals surface area contributed by atoms with Crippen LogP contribution in [0.15, 0.2) is 28.8 Å². The number of benzene rings is 1. The molecule has 1 aromatic heterocycles. The summed E-state index contributed by atoms with van der Waals surface area (Å²) in [6.45, 7) is 1.51. The van der Waals surface area contributed by atoms with Crippen LogP contribution in [0.4, 0.5) is 5.82 Å².